The summed E-state index contributed by atoms with van der Waals surface area (Å²) in [6, 6.07) is 15.1. The number of thiazole rings is 1. The molecule has 2 heterocycles. The molecule has 0 saturated heterocycles. The van der Waals surface area contributed by atoms with E-state index in [1.807, 2.05) is 36.4 Å². The Labute approximate surface area is 147 Å². The summed E-state index contributed by atoms with van der Waals surface area (Å²) in [4.78, 5) is 18.8. The van der Waals surface area contributed by atoms with Gasteiger partial charge in [-0.1, -0.05) is 12.1 Å². The van der Waals surface area contributed by atoms with Crippen molar-refractivity contribution in [3.63, 3.8) is 0 Å². The largest absolute Gasteiger partial charge is 0.422 e. The van der Waals surface area contributed by atoms with E-state index in [-0.39, 0.29) is 0 Å². The molecule has 0 fully saturated rings. The Hall–Kier alpha value is -2.73. The van der Waals surface area contributed by atoms with E-state index in [4.69, 9.17) is 4.42 Å². The van der Waals surface area contributed by atoms with Crippen LogP contribution in [0, 0.1) is 0 Å². The van der Waals surface area contributed by atoms with E-state index in [9.17, 15) is 9.18 Å². The Balaban J connectivity index is 1.82. The highest BCUT2D eigenvalue weighted by atomic mass is 32.1. The molecule has 0 spiro atoms. The first kappa shape index (κ1) is 15.8. The van der Waals surface area contributed by atoms with Crippen molar-refractivity contribution in [1.29, 1.82) is 0 Å². The minimum atomic E-state index is -0.435. The Morgan fingerprint density at radius 1 is 1.20 bits per heavy atom. The molecule has 25 heavy (non-hydrogen) atoms. The fraction of sp³-hybridized carbons (Fsp3) is 0.158. The van der Waals surface area contributed by atoms with Crippen molar-refractivity contribution >= 4 is 38.2 Å². The maximum absolute atomic E-state index is 12.5. The summed E-state index contributed by atoms with van der Waals surface area (Å²) in [6.45, 7) is -0.144. The molecule has 126 valence electrons. The SMILES string of the molecule is CN(CCF)c1ccc2cc(-c3nc4ccccc4s3)c(=O)oc2c1. The van der Waals surface area contributed by atoms with Crippen molar-refractivity contribution in [1.82, 2.24) is 4.98 Å². The number of para-hydroxylation sites is 1. The average molecular weight is 354 g/mol. The van der Waals surface area contributed by atoms with Crippen LogP contribution in [0.3, 0.4) is 0 Å². The second-order valence-electron chi connectivity index (χ2n) is 5.77. The molecule has 0 unspecified atom stereocenters. The van der Waals surface area contributed by atoms with Gasteiger partial charge in [0.25, 0.3) is 0 Å². The highest BCUT2D eigenvalue weighted by Gasteiger charge is 2.13. The standard InChI is InChI=1S/C19H15FN2O2S/c1-22(9-8-20)13-7-6-12-10-14(19(23)24-16(12)11-13)18-21-15-4-2-3-5-17(15)25-18/h2-7,10-11H,8-9H2,1H3. The summed E-state index contributed by atoms with van der Waals surface area (Å²) in [7, 11) is 1.80. The Bertz CT molecular complexity index is 1090. The molecule has 2 aromatic carbocycles. The van der Waals surface area contributed by atoms with Crippen molar-refractivity contribution in [3.8, 4) is 10.6 Å². The van der Waals surface area contributed by atoms with Crippen molar-refractivity contribution in [2.24, 2.45) is 0 Å². The molecule has 6 heteroatoms. The van der Waals surface area contributed by atoms with Crippen LogP contribution < -0.4 is 10.5 Å². The lowest BCUT2D eigenvalue weighted by Crippen LogP contribution is -2.19. The van der Waals surface area contributed by atoms with Crippen LogP contribution in [0.25, 0.3) is 31.8 Å². The molecule has 0 bridgehead atoms. The van der Waals surface area contributed by atoms with Gasteiger partial charge < -0.3 is 9.32 Å². The summed E-state index contributed by atoms with van der Waals surface area (Å²) in [6.07, 6.45) is 0. The summed E-state index contributed by atoms with van der Waals surface area (Å²) in [5.41, 5.74) is 2.19. The van der Waals surface area contributed by atoms with Gasteiger partial charge in [0, 0.05) is 30.7 Å². The van der Waals surface area contributed by atoms with Gasteiger partial charge in [0.2, 0.25) is 0 Å². The van der Waals surface area contributed by atoms with Crippen LogP contribution in [-0.2, 0) is 0 Å². The number of hydrogen-bond acceptors (Lipinski definition) is 5. The van der Waals surface area contributed by atoms with Gasteiger partial charge in [-0.05, 0) is 30.3 Å². The van der Waals surface area contributed by atoms with Gasteiger partial charge >= 0.3 is 5.63 Å². The summed E-state index contributed by atoms with van der Waals surface area (Å²) in [5, 5.41) is 1.46. The number of nitrogens with zero attached hydrogens (tertiary/aromatic N) is 2. The van der Waals surface area contributed by atoms with Gasteiger partial charge in [0.1, 0.15) is 17.3 Å². The third kappa shape index (κ3) is 2.89. The lowest BCUT2D eigenvalue weighted by Gasteiger charge is -2.17. The predicted molar refractivity (Wildman–Crippen MR) is 100 cm³/mol. The monoisotopic (exact) mass is 354 g/mol. The minimum absolute atomic E-state index is 0.291. The zero-order chi connectivity index (χ0) is 17.4. The number of alkyl halides is 1. The summed E-state index contributed by atoms with van der Waals surface area (Å²) < 4.78 is 19.0. The second kappa shape index (κ2) is 6.29. The van der Waals surface area contributed by atoms with Crippen LogP contribution in [0.2, 0.25) is 0 Å². The van der Waals surface area contributed by atoms with E-state index in [1.165, 1.54) is 11.3 Å². The molecule has 0 aliphatic heterocycles. The molecule has 0 atom stereocenters. The first-order valence-electron chi connectivity index (χ1n) is 7.86. The molecular formula is C19H15FN2O2S. The van der Waals surface area contributed by atoms with E-state index < -0.39 is 12.3 Å². The predicted octanol–water partition coefficient (Wildman–Crippen LogP) is 4.48. The Kier molecular flexibility index (Phi) is 3.97. The van der Waals surface area contributed by atoms with E-state index in [0.29, 0.717) is 22.7 Å². The Morgan fingerprint density at radius 3 is 2.84 bits per heavy atom. The highest BCUT2D eigenvalue weighted by molar-refractivity contribution is 7.21. The fourth-order valence-corrected chi connectivity index (χ4v) is 3.70. The quantitative estimate of drug-likeness (QED) is 0.507. The van der Waals surface area contributed by atoms with E-state index in [1.54, 1.807) is 24.1 Å². The van der Waals surface area contributed by atoms with Gasteiger partial charge in [0.05, 0.1) is 15.8 Å². The second-order valence-corrected chi connectivity index (χ2v) is 6.80. The molecule has 0 aliphatic rings. The number of fused-ring (bicyclic) bond motifs is 2. The topological polar surface area (TPSA) is 46.3 Å². The maximum atomic E-state index is 12.5. The first-order valence-corrected chi connectivity index (χ1v) is 8.68. The average Bonchev–Trinajstić information content (AvgIpc) is 3.04. The van der Waals surface area contributed by atoms with Crippen LogP contribution >= 0.6 is 11.3 Å². The highest BCUT2D eigenvalue weighted by Crippen LogP contribution is 2.30. The summed E-state index contributed by atoms with van der Waals surface area (Å²) >= 11 is 1.47. The van der Waals surface area contributed by atoms with Crippen LogP contribution in [0.15, 0.2) is 57.7 Å². The smallest absolute Gasteiger partial charge is 0.346 e. The van der Waals surface area contributed by atoms with Crippen LogP contribution in [0.5, 0.6) is 0 Å². The van der Waals surface area contributed by atoms with E-state index >= 15 is 0 Å². The number of benzene rings is 2. The van der Waals surface area contributed by atoms with Crippen LogP contribution in [0.4, 0.5) is 10.1 Å². The van der Waals surface area contributed by atoms with E-state index in [2.05, 4.69) is 4.98 Å². The third-order valence-corrected chi connectivity index (χ3v) is 5.17. The molecular weight excluding hydrogens is 339 g/mol. The number of hydrogen-bond donors (Lipinski definition) is 0. The number of rotatable bonds is 4. The molecule has 4 nitrogen and oxygen atoms in total. The molecule has 4 rings (SSSR count). The molecule has 2 aromatic heterocycles. The third-order valence-electron chi connectivity index (χ3n) is 4.10. The van der Waals surface area contributed by atoms with Gasteiger partial charge in [-0.25, -0.2) is 14.2 Å². The normalized spacial score (nSPS) is 11.3. The van der Waals surface area contributed by atoms with Crippen molar-refractivity contribution in [3.05, 3.63) is 59.0 Å². The summed E-state index contributed by atoms with van der Waals surface area (Å²) in [5.74, 6) is 0. The molecule has 0 saturated carbocycles. The van der Waals surface area contributed by atoms with Crippen molar-refractivity contribution < 1.29 is 8.81 Å². The van der Waals surface area contributed by atoms with Crippen molar-refractivity contribution in [2.45, 2.75) is 0 Å². The van der Waals surface area contributed by atoms with Gasteiger partial charge in [-0.15, -0.1) is 11.3 Å². The fourth-order valence-electron chi connectivity index (χ4n) is 2.73. The number of halogens is 1. The zero-order valence-corrected chi connectivity index (χ0v) is 14.3. The molecule has 0 aliphatic carbocycles. The van der Waals surface area contributed by atoms with Crippen LogP contribution in [0.1, 0.15) is 0 Å². The molecule has 4 aromatic rings. The number of anilines is 1. The van der Waals surface area contributed by atoms with Gasteiger partial charge in [0.15, 0.2) is 0 Å². The number of aromatic nitrogens is 1. The molecule has 0 radical (unpaired) electrons. The maximum Gasteiger partial charge on any atom is 0.346 e. The minimum Gasteiger partial charge on any atom is -0.422 e. The first-order chi connectivity index (χ1) is 12.2. The van der Waals surface area contributed by atoms with Gasteiger partial charge in [-0.2, -0.15) is 0 Å². The van der Waals surface area contributed by atoms with Crippen LogP contribution in [-0.4, -0.2) is 25.3 Å². The van der Waals surface area contributed by atoms with Crippen molar-refractivity contribution in [2.75, 3.05) is 25.2 Å². The Morgan fingerprint density at radius 2 is 2.04 bits per heavy atom. The lowest BCUT2D eigenvalue weighted by atomic mass is 10.1. The van der Waals surface area contributed by atoms with Gasteiger partial charge in [-0.3, -0.25) is 0 Å². The lowest BCUT2D eigenvalue weighted by molar-refractivity contribution is 0.497. The molecule has 0 amide bonds. The molecule has 0 N–H and O–H groups in total. The zero-order valence-electron chi connectivity index (χ0n) is 13.5. The van der Waals surface area contributed by atoms with E-state index in [0.717, 1.165) is 21.3 Å².